The summed E-state index contributed by atoms with van der Waals surface area (Å²) in [5, 5.41) is 0. The highest BCUT2D eigenvalue weighted by Crippen LogP contribution is 2.34. The highest BCUT2D eigenvalue weighted by Gasteiger charge is 2.30. The molecule has 3 heteroatoms. The number of amides is 1. The van der Waals surface area contributed by atoms with E-state index in [0.717, 1.165) is 24.9 Å². The Kier molecular flexibility index (Phi) is 5.95. The number of carbonyl (C=O) groups excluding carboxylic acids is 1. The third-order valence-corrected chi connectivity index (χ3v) is 5.01. The van der Waals surface area contributed by atoms with Gasteiger partial charge in [0.15, 0.2) is 0 Å². The van der Waals surface area contributed by atoms with Gasteiger partial charge in [-0.2, -0.15) is 0 Å². The molecule has 1 saturated carbocycles. The van der Waals surface area contributed by atoms with Gasteiger partial charge in [0.25, 0.3) is 0 Å². The minimum absolute atomic E-state index is 0.126. The van der Waals surface area contributed by atoms with Crippen LogP contribution in [-0.2, 0) is 4.74 Å². The summed E-state index contributed by atoms with van der Waals surface area (Å²) < 4.78 is 5.48. The highest BCUT2D eigenvalue weighted by atomic mass is 16.6. The van der Waals surface area contributed by atoms with E-state index in [4.69, 9.17) is 4.74 Å². The number of nitrogens with zero attached hydrogens (tertiary/aromatic N) is 1. The van der Waals surface area contributed by atoms with Crippen molar-refractivity contribution in [2.24, 2.45) is 11.8 Å². The fourth-order valence-corrected chi connectivity index (χ4v) is 3.84. The van der Waals surface area contributed by atoms with Crippen molar-refractivity contribution in [3.63, 3.8) is 0 Å². The number of hydrogen-bond acceptors (Lipinski definition) is 2. The van der Waals surface area contributed by atoms with Gasteiger partial charge in [0.2, 0.25) is 0 Å². The molecule has 21 heavy (non-hydrogen) atoms. The van der Waals surface area contributed by atoms with E-state index < -0.39 is 0 Å². The van der Waals surface area contributed by atoms with Gasteiger partial charge in [-0.25, -0.2) is 4.79 Å². The molecule has 1 aliphatic heterocycles. The Labute approximate surface area is 130 Å². The average Bonchev–Trinajstić information content (AvgIpc) is 2.36. The molecule has 0 aromatic carbocycles. The van der Waals surface area contributed by atoms with E-state index in [1.54, 1.807) is 0 Å². The van der Waals surface area contributed by atoms with Gasteiger partial charge in [-0.1, -0.05) is 44.9 Å². The predicted octanol–water partition coefficient (Wildman–Crippen LogP) is 4.99. The number of likely N-dealkylation sites (tertiary alicyclic amines) is 1. The fourth-order valence-electron chi connectivity index (χ4n) is 3.84. The molecular weight excluding hydrogens is 262 g/mol. The fraction of sp³-hybridized carbons (Fsp3) is 0.944. The molecule has 0 N–H and O–H groups in total. The van der Waals surface area contributed by atoms with Gasteiger partial charge in [0, 0.05) is 13.1 Å². The summed E-state index contributed by atoms with van der Waals surface area (Å²) >= 11 is 0. The van der Waals surface area contributed by atoms with Gasteiger partial charge in [-0.3, -0.25) is 0 Å². The SMILES string of the molecule is CC(C)(C)OC(=O)N1CCC(C2CCCCCCC2)CC1. The van der Waals surface area contributed by atoms with Crippen LogP contribution in [-0.4, -0.2) is 29.7 Å². The molecule has 0 unspecified atom stereocenters. The van der Waals surface area contributed by atoms with Crippen LogP contribution in [0.4, 0.5) is 4.79 Å². The van der Waals surface area contributed by atoms with E-state index in [1.165, 1.54) is 57.8 Å². The third-order valence-electron chi connectivity index (χ3n) is 5.01. The normalized spacial score (nSPS) is 23.5. The van der Waals surface area contributed by atoms with Crippen LogP contribution < -0.4 is 0 Å². The van der Waals surface area contributed by atoms with Crippen LogP contribution in [0.5, 0.6) is 0 Å². The molecule has 1 heterocycles. The van der Waals surface area contributed by atoms with Gasteiger partial charge in [0.05, 0.1) is 0 Å². The van der Waals surface area contributed by atoms with Crippen molar-refractivity contribution in [1.82, 2.24) is 4.90 Å². The third kappa shape index (κ3) is 5.52. The zero-order valence-corrected chi connectivity index (χ0v) is 14.2. The second-order valence-electron chi connectivity index (χ2n) is 7.91. The van der Waals surface area contributed by atoms with Crippen molar-refractivity contribution in [3.8, 4) is 0 Å². The van der Waals surface area contributed by atoms with Crippen LogP contribution in [0, 0.1) is 11.8 Å². The van der Waals surface area contributed by atoms with Gasteiger partial charge >= 0.3 is 6.09 Å². The number of piperidine rings is 1. The molecule has 0 spiro atoms. The first-order valence-electron chi connectivity index (χ1n) is 8.93. The Balaban J connectivity index is 1.78. The molecule has 0 bridgehead atoms. The van der Waals surface area contributed by atoms with Crippen molar-refractivity contribution >= 4 is 6.09 Å². The summed E-state index contributed by atoms with van der Waals surface area (Å²) in [5.74, 6) is 1.74. The second-order valence-corrected chi connectivity index (χ2v) is 7.91. The molecule has 2 fully saturated rings. The zero-order chi connectivity index (χ0) is 15.3. The monoisotopic (exact) mass is 295 g/mol. The van der Waals surface area contributed by atoms with Crippen LogP contribution in [0.1, 0.15) is 78.6 Å². The van der Waals surface area contributed by atoms with E-state index in [0.29, 0.717) is 0 Å². The lowest BCUT2D eigenvalue weighted by Gasteiger charge is -2.37. The predicted molar refractivity (Wildman–Crippen MR) is 86.3 cm³/mol. The first-order valence-corrected chi connectivity index (χ1v) is 8.93. The average molecular weight is 295 g/mol. The molecule has 1 saturated heterocycles. The lowest BCUT2D eigenvalue weighted by molar-refractivity contribution is 0.0152. The van der Waals surface area contributed by atoms with Crippen LogP contribution in [0.15, 0.2) is 0 Å². The Morgan fingerprint density at radius 1 is 0.857 bits per heavy atom. The van der Waals surface area contributed by atoms with E-state index in [1.807, 2.05) is 25.7 Å². The Hall–Kier alpha value is -0.730. The molecule has 2 rings (SSSR count). The van der Waals surface area contributed by atoms with Crippen LogP contribution in [0.2, 0.25) is 0 Å². The topological polar surface area (TPSA) is 29.5 Å². The molecule has 2 aliphatic rings. The highest BCUT2D eigenvalue weighted by molar-refractivity contribution is 5.68. The van der Waals surface area contributed by atoms with Crippen LogP contribution in [0.25, 0.3) is 0 Å². The van der Waals surface area contributed by atoms with Crippen molar-refractivity contribution in [1.29, 1.82) is 0 Å². The summed E-state index contributed by atoms with van der Waals surface area (Å²) in [5.41, 5.74) is -0.381. The molecule has 0 atom stereocenters. The van der Waals surface area contributed by atoms with Crippen LogP contribution >= 0.6 is 0 Å². The number of ether oxygens (including phenoxy) is 1. The molecule has 0 aromatic heterocycles. The molecule has 1 amide bonds. The van der Waals surface area contributed by atoms with E-state index in [9.17, 15) is 4.79 Å². The van der Waals surface area contributed by atoms with E-state index >= 15 is 0 Å². The molecule has 1 aliphatic carbocycles. The number of carbonyl (C=O) groups is 1. The van der Waals surface area contributed by atoms with Gasteiger partial charge < -0.3 is 9.64 Å². The molecule has 122 valence electrons. The smallest absolute Gasteiger partial charge is 0.410 e. The zero-order valence-electron chi connectivity index (χ0n) is 14.2. The molecule has 0 radical (unpaired) electrons. The lowest BCUT2D eigenvalue weighted by atomic mass is 9.77. The number of hydrogen-bond donors (Lipinski definition) is 0. The van der Waals surface area contributed by atoms with Gasteiger partial charge in [0.1, 0.15) is 5.60 Å². The second kappa shape index (κ2) is 7.51. The quantitative estimate of drug-likeness (QED) is 0.681. The standard InChI is InChI=1S/C18H33NO2/c1-18(2,3)21-17(20)19-13-11-16(12-14-19)15-9-7-5-4-6-8-10-15/h15-16H,4-14H2,1-3H3. The summed E-state index contributed by atoms with van der Waals surface area (Å²) in [7, 11) is 0. The first kappa shape index (κ1) is 16.6. The molecular formula is C18H33NO2. The largest absolute Gasteiger partial charge is 0.444 e. The van der Waals surface area contributed by atoms with Crippen molar-refractivity contribution < 1.29 is 9.53 Å². The van der Waals surface area contributed by atoms with E-state index in [-0.39, 0.29) is 11.7 Å². The number of rotatable bonds is 1. The Morgan fingerprint density at radius 2 is 1.33 bits per heavy atom. The summed E-state index contributed by atoms with van der Waals surface area (Å²) in [6.45, 7) is 7.58. The Bertz CT molecular complexity index is 319. The van der Waals surface area contributed by atoms with Gasteiger partial charge in [-0.05, 0) is 45.4 Å². The van der Waals surface area contributed by atoms with Crippen molar-refractivity contribution in [3.05, 3.63) is 0 Å². The Morgan fingerprint density at radius 3 is 1.86 bits per heavy atom. The van der Waals surface area contributed by atoms with Crippen LogP contribution in [0.3, 0.4) is 0 Å². The summed E-state index contributed by atoms with van der Waals surface area (Å²) in [4.78, 5) is 14.0. The maximum atomic E-state index is 12.1. The van der Waals surface area contributed by atoms with Crippen molar-refractivity contribution in [2.45, 2.75) is 84.2 Å². The minimum Gasteiger partial charge on any atom is -0.444 e. The molecule has 3 nitrogen and oxygen atoms in total. The maximum Gasteiger partial charge on any atom is 0.410 e. The van der Waals surface area contributed by atoms with Gasteiger partial charge in [-0.15, -0.1) is 0 Å². The summed E-state index contributed by atoms with van der Waals surface area (Å²) in [6.07, 6.45) is 12.2. The van der Waals surface area contributed by atoms with Crippen molar-refractivity contribution in [2.75, 3.05) is 13.1 Å². The first-order chi connectivity index (χ1) is 9.96. The lowest BCUT2D eigenvalue weighted by Crippen LogP contribution is -2.42. The minimum atomic E-state index is -0.381. The molecule has 0 aromatic rings. The van der Waals surface area contributed by atoms with E-state index in [2.05, 4.69) is 0 Å². The summed E-state index contributed by atoms with van der Waals surface area (Å²) in [6, 6.07) is 0. The maximum absolute atomic E-state index is 12.1.